The van der Waals surface area contributed by atoms with Crippen LogP contribution in [0.4, 0.5) is 10.9 Å². The summed E-state index contributed by atoms with van der Waals surface area (Å²) in [5, 5.41) is 7.09. The summed E-state index contributed by atoms with van der Waals surface area (Å²) in [4.78, 5) is 19.3. The number of carbonyl (C=O) groups is 1. The Morgan fingerprint density at radius 1 is 1.57 bits per heavy atom. The Morgan fingerprint density at radius 2 is 2.29 bits per heavy atom. The van der Waals surface area contributed by atoms with Gasteiger partial charge >= 0.3 is 0 Å². The fraction of sp³-hybridized carbons (Fsp3) is 0.692. The molecule has 0 saturated carbocycles. The summed E-state index contributed by atoms with van der Waals surface area (Å²) in [7, 11) is 0. The highest BCUT2D eigenvalue weighted by Crippen LogP contribution is 2.28. The molecule has 0 radical (unpaired) electrons. The van der Waals surface area contributed by atoms with Crippen LogP contribution < -0.4 is 21.3 Å². The Labute approximate surface area is 133 Å². The number of anilines is 2. The van der Waals surface area contributed by atoms with Gasteiger partial charge in [0, 0.05) is 32.7 Å². The molecular weight excluding hydrogens is 306 g/mol. The molecule has 1 fully saturated rings. The zero-order chi connectivity index (χ0) is 15.2. The van der Waals surface area contributed by atoms with Crippen LogP contribution in [0.25, 0.3) is 0 Å². The molecule has 1 aromatic rings. The van der Waals surface area contributed by atoms with Gasteiger partial charge in [0.2, 0.25) is 0 Å². The van der Waals surface area contributed by atoms with Gasteiger partial charge < -0.3 is 21.3 Å². The molecular formula is C13H23N5OS2. The summed E-state index contributed by atoms with van der Waals surface area (Å²) in [6.07, 6.45) is 2.07. The maximum Gasteiger partial charge on any atom is 0.265 e. The molecule has 21 heavy (non-hydrogen) atoms. The molecule has 1 saturated heterocycles. The van der Waals surface area contributed by atoms with Crippen LogP contribution in [0.15, 0.2) is 0 Å². The maximum absolute atomic E-state index is 12.2. The summed E-state index contributed by atoms with van der Waals surface area (Å²) in [5.41, 5.74) is 5.91. The number of nitrogens with two attached hydrogens (primary N) is 1. The van der Waals surface area contributed by atoms with Crippen molar-refractivity contribution in [1.82, 2.24) is 15.6 Å². The largest absolute Gasteiger partial charge is 0.382 e. The van der Waals surface area contributed by atoms with Gasteiger partial charge in [0.1, 0.15) is 10.7 Å². The van der Waals surface area contributed by atoms with Crippen molar-refractivity contribution in [1.29, 1.82) is 0 Å². The average Bonchev–Trinajstić information content (AvgIpc) is 2.88. The molecule has 2 heterocycles. The first-order valence-corrected chi connectivity index (χ1v) is 9.32. The molecule has 1 aromatic heterocycles. The first-order chi connectivity index (χ1) is 10.1. The SMILES string of the molecule is CSCC(C)CNC(=O)c1sc(N2CCNCC2)nc1N. The number of hydrogen-bond donors (Lipinski definition) is 3. The van der Waals surface area contributed by atoms with E-state index in [9.17, 15) is 4.79 Å². The standard InChI is InChI=1S/C13H23N5OS2/c1-9(8-20-2)7-16-12(19)10-11(14)17-13(21-10)18-5-3-15-4-6-18/h9,15H,3-8,14H2,1-2H3,(H,16,19). The Balaban J connectivity index is 1.96. The Morgan fingerprint density at radius 3 is 2.95 bits per heavy atom. The lowest BCUT2D eigenvalue weighted by Gasteiger charge is -2.26. The van der Waals surface area contributed by atoms with Crippen molar-refractivity contribution in [3.05, 3.63) is 4.88 Å². The number of aromatic nitrogens is 1. The second-order valence-corrected chi connectivity index (χ2v) is 7.11. The van der Waals surface area contributed by atoms with Crippen molar-refractivity contribution in [2.45, 2.75) is 6.92 Å². The molecule has 6 nitrogen and oxygen atoms in total. The Hall–Kier alpha value is -0.990. The van der Waals surface area contributed by atoms with Crippen LogP contribution in [-0.2, 0) is 0 Å². The lowest BCUT2D eigenvalue weighted by Crippen LogP contribution is -2.43. The number of amides is 1. The van der Waals surface area contributed by atoms with Crippen molar-refractivity contribution in [3.8, 4) is 0 Å². The van der Waals surface area contributed by atoms with Gasteiger partial charge in [-0.1, -0.05) is 18.3 Å². The third kappa shape index (κ3) is 4.49. The Kier molecular flexibility index (Phi) is 6.13. The summed E-state index contributed by atoms with van der Waals surface area (Å²) >= 11 is 3.17. The molecule has 0 aromatic carbocycles. The normalized spacial score (nSPS) is 16.8. The Bertz CT molecular complexity index is 473. The van der Waals surface area contributed by atoms with E-state index in [2.05, 4.69) is 33.7 Å². The molecule has 2 rings (SSSR count). The van der Waals surface area contributed by atoms with E-state index < -0.39 is 0 Å². The monoisotopic (exact) mass is 329 g/mol. The summed E-state index contributed by atoms with van der Waals surface area (Å²) in [6.45, 7) is 6.47. The van der Waals surface area contributed by atoms with Gasteiger partial charge in [-0.15, -0.1) is 0 Å². The van der Waals surface area contributed by atoms with Gasteiger partial charge in [0.05, 0.1) is 0 Å². The van der Waals surface area contributed by atoms with Crippen molar-refractivity contribution >= 4 is 40.0 Å². The van der Waals surface area contributed by atoms with E-state index in [1.807, 2.05) is 0 Å². The predicted molar refractivity (Wildman–Crippen MR) is 91.5 cm³/mol. The molecule has 0 spiro atoms. The zero-order valence-corrected chi connectivity index (χ0v) is 14.1. The average molecular weight is 329 g/mol. The van der Waals surface area contributed by atoms with E-state index in [0.29, 0.717) is 23.2 Å². The van der Waals surface area contributed by atoms with Crippen molar-refractivity contribution in [3.63, 3.8) is 0 Å². The van der Waals surface area contributed by atoms with Crippen LogP contribution >= 0.6 is 23.1 Å². The maximum atomic E-state index is 12.2. The molecule has 1 aliphatic rings. The van der Waals surface area contributed by atoms with Crippen LogP contribution in [0.2, 0.25) is 0 Å². The minimum Gasteiger partial charge on any atom is -0.382 e. The molecule has 1 unspecified atom stereocenters. The first kappa shape index (κ1) is 16.4. The predicted octanol–water partition coefficient (Wildman–Crippen LogP) is 0.864. The summed E-state index contributed by atoms with van der Waals surface area (Å²) in [6, 6.07) is 0. The lowest BCUT2D eigenvalue weighted by molar-refractivity contribution is 0.0954. The molecule has 4 N–H and O–H groups in total. The third-order valence-corrected chi connectivity index (χ3v) is 5.33. The van der Waals surface area contributed by atoms with Crippen LogP contribution in [0.1, 0.15) is 16.6 Å². The number of hydrogen-bond acceptors (Lipinski definition) is 7. The van der Waals surface area contributed by atoms with Crippen LogP contribution in [0.3, 0.4) is 0 Å². The number of rotatable bonds is 6. The number of nitrogens with zero attached hydrogens (tertiary/aromatic N) is 2. The van der Waals surface area contributed by atoms with Gasteiger partial charge in [0.15, 0.2) is 5.13 Å². The highest BCUT2D eigenvalue weighted by atomic mass is 32.2. The smallest absolute Gasteiger partial charge is 0.265 e. The first-order valence-electron chi connectivity index (χ1n) is 7.11. The van der Waals surface area contributed by atoms with Gasteiger partial charge in [-0.3, -0.25) is 4.79 Å². The summed E-state index contributed by atoms with van der Waals surface area (Å²) in [5.74, 6) is 1.71. The van der Waals surface area contributed by atoms with Gasteiger partial charge in [-0.2, -0.15) is 11.8 Å². The zero-order valence-electron chi connectivity index (χ0n) is 12.5. The van der Waals surface area contributed by atoms with Crippen molar-refractivity contribution < 1.29 is 4.79 Å². The molecule has 0 aliphatic carbocycles. The van der Waals surface area contributed by atoms with Gasteiger partial charge in [0.25, 0.3) is 5.91 Å². The van der Waals surface area contributed by atoms with Crippen LogP contribution in [0, 0.1) is 5.92 Å². The number of thiazole rings is 1. The van der Waals surface area contributed by atoms with Crippen LogP contribution in [0.5, 0.6) is 0 Å². The van der Waals surface area contributed by atoms with Gasteiger partial charge in [-0.25, -0.2) is 4.98 Å². The quantitative estimate of drug-likeness (QED) is 0.718. The number of nitrogen functional groups attached to an aromatic ring is 1. The highest BCUT2D eigenvalue weighted by Gasteiger charge is 2.20. The molecule has 0 bridgehead atoms. The van der Waals surface area contributed by atoms with E-state index in [-0.39, 0.29) is 5.91 Å². The molecule has 1 atom stereocenters. The third-order valence-electron chi connectivity index (χ3n) is 3.30. The molecule has 8 heteroatoms. The summed E-state index contributed by atoms with van der Waals surface area (Å²) < 4.78 is 0. The van der Waals surface area contributed by atoms with E-state index in [0.717, 1.165) is 37.1 Å². The van der Waals surface area contributed by atoms with E-state index >= 15 is 0 Å². The fourth-order valence-corrected chi connectivity index (χ4v) is 3.81. The minimum absolute atomic E-state index is 0.112. The van der Waals surface area contributed by atoms with E-state index in [1.165, 1.54) is 11.3 Å². The highest BCUT2D eigenvalue weighted by molar-refractivity contribution is 7.98. The van der Waals surface area contributed by atoms with Crippen LogP contribution in [-0.4, -0.2) is 55.6 Å². The molecule has 1 aliphatic heterocycles. The number of thioether (sulfide) groups is 1. The molecule has 118 valence electrons. The van der Waals surface area contributed by atoms with Gasteiger partial charge in [-0.05, 0) is 17.9 Å². The topological polar surface area (TPSA) is 83.3 Å². The van der Waals surface area contributed by atoms with Crippen molar-refractivity contribution in [2.24, 2.45) is 5.92 Å². The lowest BCUT2D eigenvalue weighted by atomic mass is 10.2. The number of nitrogens with one attached hydrogen (secondary N) is 2. The number of piperazine rings is 1. The van der Waals surface area contributed by atoms with E-state index in [4.69, 9.17) is 5.73 Å². The van der Waals surface area contributed by atoms with Crippen molar-refractivity contribution in [2.75, 3.05) is 55.4 Å². The minimum atomic E-state index is -0.112. The fourth-order valence-electron chi connectivity index (χ4n) is 2.16. The molecule has 1 amide bonds. The number of carbonyl (C=O) groups excluding carboxylic acids is 1. The second-order valence-electron chi connectivity index (χ2n) is 5.22. The van der Waals surface area contributed by atoms with E-state index in [1.54, 1.807) is 11.8 Å². The second kappa shape index (κ2) is 7.86.